The smallest absolute Gasteiger partial charge is 0.263 e. The number of aromatic amines is 1. The standard InChI is InChI=1S/C17H19N3O4/c1-10-18-8-13(16(21)19-10)17(22)20-5-4-11-6-14(23-2)15(24-3)7-12(11)9-20/h6-8H,4-5,9H2,1-3H3,(H,18,19,21). The predicted molar refractivity (Wildman–Crippen MR) is 87.6 cm³/mol. The Hall–Kier alpha value is -2.83. The van der Waals surface area contributed by atoms with Crippen molar-refractivity contribution < 1.29 is 14.3 Å². The first kappa shape index (κ1) is 16.0. The predicted octanol–water partition coefficient (Wildman–Crippen LogP) is 1.29. The normalized spacial score (nSPS) is 13.4. The second-order valence-electron chi connectivity index (χ2n) is 5.66. The van der Waals surface area contributed by atoms with Crippen molar-refractivity contribution in [3.8, 4) is 11.5 Å². The number of amides is 1. The molecule has 2 heterocycles. The molecular weight excluding hydrogens is 310 g/mol. The summed E-state index contributed by atoms with van der Waals surface area (Å²) in [5.74, 6) is 1.47. The number of carbonyl (C=O) groups is 1. The monoisotopic (exact) mass is 329 g/mol. The Morgan fingerprint density at radius 2 is 1.88 bits per heavy atom. The van der Waals surface area contributed by atoms with Crippen LogP contribution in [0.3, 0.4) is 0 Å². The third kappa shape index (κ3) is 2.84. The van der Waals surface area contributed by atoms with Crippen LogP contribution in [0, 0.1) is 6.92 Å². The molecule has 7 heteroatoms. The number of ether oxygens (including phenoxy) is 2. The van der Waals surface area contributed by atoms with Crippen LogP contribution in [-0.4, -0.2) is 41.5 Å². The van der Waals surface area contributed by atoms with E-state index < -0.39 is 5.56 Å². The van der Waals surface area contributed by atoms with Gasteiger partial charge in [0.25, 0.3) is 11.5 Å². The zero-order chi connectivity index (χ0) is 17.3. The number of methoxy groups -OCH3 is 2. The first-order valence-electron chi connectivity index (χ1n) is 7.62. The molecule has 0 bridgehead atoms. The average Bonchev–Trinajstić information content (AvgIpc) is 2.59. The summed E-state index contributed by atoms with van der Waals surface area (Å²) in [4.78, 5) is 32.8. The maximum absolute atomic E-state index is 12.6. The molecule has 1 aliphatic rings. The van der Waals surface area contributed by atoms with Crippen molar-refractivity contribution >= 4 is 5.91 Å². The van der Waals surface area contributed by atoms with E-state index in [1.54, 1.807) is 26.0 Å². The van der Waals surface area contributed by atoms with Crippen LogP contribution in [0.15, 0.2) is 23.1 Å². The van der Waals surface area contributed by atoms with E-state index in [-0.39, 0.29) is 11.5 Å². The van der Waals surface area contributed by atoms with Gasteiger partial charge in [-0.2, -0.15) is 0 Å². The van der Waals surface area contributed by atoms with Crippen molar-refractivity contribution in [1.82, 2.24) is 14.9 Å². The number of H-pyrrole nitrogens is 1. The minimum atomic E-state index is -0.411. The Bertz CT molecular complexity index is 844. The molecule has 2 aromatic rings. The van der Waals surface area contributed by atoms with Crippen LogP contribution >= 0.6 is 0 Å². The molecule has 0 unspecified atom stereocenters. The first-order valence-corrected chi connectivity index (χ1v) is 7.62. The lowest BCUT2D eigenvalue weighted by Gasteiger charge is -2.29. The van der Waals surface area contributed by atoms with Crippen molar-refractivity contribution in [2.45, 2.75) is 19.9 Å². The Morgan fingerprint density at radius 1 is 1.21 bits per heavy atom. The first-order chi connectivity index (χ1) is 11.5. The van der Waals surface area contributed by atoms with Crippen LogP contribution in [0.5, 0.6) is 11.5 Å². The van der Waals surface area contributed by atoms with Crippen LogP contribution in [0.4, 0.5) is 0 Å². The Morgan fingerprint density at radius 3 is 2.50 bits per heavy atom. The second kappa shape index (κ2) is 6.35. The third-order valence-corrected chi connectivity index (χ3v) is 4.16. The molecule has 0 saturated carbocycles. The molecule has 7 nitrogen and oxygen atoms in total. The highest BCUT2D eigenvalue weighted by Crippen LogP contribution is 2.33. The summed E-state index contributed by atoms with van der Waals surface area (Å²) in [7, 11) is 3.17. The number of benzene rings is 1. The van der Waals surface area contributed by atoms with Crippen LogP contribution < -0.4 is 15.0 Å². The molecule has 1 aromatic carbocycles. The lowest BCUT2D eigenvalue weighted by Crippen LogP contribution is -2.38. The van der Waals surface area contributed by atoms with Crippen LogP contribution in [0.2, 0.25) is 0 Å². The molecule has 3 rings (SSSR count). The summed E-state index contributed by atoms with van der Waals surface area (Å²) in [6.07, 6.45) is 2.03. The average molecular weight is 329 g/mol. The van der Waals surface area contributed by atoms with Crippen LogP contribution in [-0.2, 0) is 13.0 Å². The van der Waals surface area contributed by atoms with Crippen molar-refractivity contribution in [2.75, 3.05) is 20.8 Å². The van der Waals surface area contributed by atoms with Crippen LogP contribution in [0.1, 0.15) is 27.3 Å². The molecule has 0 spiro atoms. The summed E-state index contributed by atoms with van der Waals surface area (Å²) in [6, 6.07) is 3.82. The van der Waals surface area contributed by atoms with Crippen molar-refractivity contribution in [1.29, 1.82) is 0 Å². The molecule has 126 valence electrons. The number of fused-ring (bicyclic) bond motifs is 1. The molecule has 24 heavy (non-hydrogen) atoms. The van der Waals surface area contributed by atoms with Gasteiger partial charge in [-0.1, -0.05) is 0 Å². The Labute approximate surface area is 139 Å². The zero-order valence-electron chi connectivity index (χ0n) is 13.9. The van der Waals surface area contributed by atoms with Crippen molar-refractivity contribution in [3.63, 3.8) is 0 Å². The number of nitrogens with one attached hydrogen (secondary N) is 1. The molecule has 0 aliphatic carbocycles. The fourth-order valence-corrected chi connectivity index (χ4v) is 2.86. The highest BCUT2D eigenvalue weighted by Gasteiger charge is 2.25. The molecule has 0 saturated heterocycles. The number of nitrogens with zero attached hydrogens (tertiary/aromatic N) is 2. The van der Waals surface area contributed by atoms with E-state index in [4.69, 9.17) is 9.47 Å². The summed E-state index contributed by atoms with van der Waals surface area (Å²) < 4.78 is 10.6. The van der Waals surface area contributed by atoms with Gasteiger partial charge in [-0.05, 0) is 36.6 Å². The van der Waals surface area contributed by atoms with E-state index in [0.717, 1.165) is 11.1 Å². The van der Waals surface area contributed by atoms with E-state index >= 15 is 0 Å². The van der Waals surface area contributed by atoms with E-state index in [1.165, 1.54) is 6.20 Å². The number of aromatic nitrogens is 2. The van der Waals surface area contributed by atoms with Crippen molar-refractivity contribution in [2.24, 2.45) is 0 Å². The fourth-order valence-electron chi connectivity index (χ4n) is 2.86. The number of carbonyl (C=O) groups excluding carboxylic acids is 1. The number of aryl methyl sites for hydroxylation is 1. The zero-order valence-corrected chi connectivity index (χ0v) is 13.9. The van der Waals surface area contributed by atoms with Gasteiger partial charge < -0.3 is 19.4 Å². The van der Waals surface area contributed by atoms with Gasteiger partial charge in [-0.15, -0.1) is 0 Å². The molecule has 1 amide bonds. The highest BCUT2D eigenvalue weighted by atomic mass is 16.5. The Kier molecular flexibility index (Phi) is 4.24. The van der Waals surface area contributed by atoms with Crippen molar-refractivity contribution in [3.05, 3.63) is 51.2 Å². The molecule has 0 fully saturated rings. The minimum absolute atomic E-state index is 0.0597. The van der Waals surface area contributed by atoms with Gasteiger partial charge in [-0.3, -0.25) is 9.59 Å². The molecular formula is C17H19N3O4. The number of hydrogen-bond acceptors (Lipinski definition) is 5. The number of rotatable bonds is 3. The molecule has 1 aliphatic heterocycles. The third-order valence-electron chi connectivity index (χ3n) is 4.16. The van der Waals surface area contributed by atoms with Gasteiger partial charge in [0.1, 0.15) is 11.4 Å². The lowest BCUT2D eigenvalue weighted by molar-refractivity contribution is 0.0732. The molecule has 0 radical (unpaired) electrons. The van der Waals surface area contributed by atoms with E-state index in [9.17, 15) is 9.59 Å². The largest absolute Gasteiger partial charge is 0.493 e. The maximum atomic E-state index is 12.6. The molecule has 1 aromatic heterocycles. The van der Waals surface area contributed by atoms with E-state index in [1.807, 2.05) is 12.1 Å². The van der Waals surface area contributed by atoms with Gasteiger partial charge in [0, 0.05) is 19.3 Å². The summed E-state index contributed by atoms with van der Waals surface area (Å²) >= 11 is 0. The summed E-state index contributed by atoms with van der Waals surface area (Å²) in [5, 5.41) is 0. The van der Waals surface area contributed by atoms with Gasteiger partial charge in [0.15, 0.2) is 11.5 Å². The SMILES string of the molecule is COc1cc2c(cc1OC)CN(C(=O)c1cnc(C)[nH]c1=O)CC2. The molecule has 0 atom stereocenters. The molecule has 1 N–H and O–H groups in total. The highest BCUT2D eigenvalue weighted by molar-refractivity contribution is 5.93. The maximum Gasteiger partial charge on any atom is 0.263 e. The fraction of sp³-hybridized carbons (Fsp3) is 0.353. The van der Waals surface area contributed by atoms with Crippen LogP contribution in [0.25, 0.3) is 0 Å². The van der Waals surface area contributed by atoms with Gasteiger partial charge >= 0.3 is 0 Å². The second-order valence-corrected chi connectivity index (χ2v) is 5.66. The van der Waals surface area contributed by atoms with Gasteiger partial charge in [0.2, 0.25) is 0 Å². The Balaban J connectivity index is 1.89. The quantitative estimate of drug-likeness (QED) is 0.917. The van der Waals surface area contributed by atoms with Gasteiger partial charge in [0.05, 0.1) is 14.2 Å². The minimum Gasteiger partial charge on any atom is -0.493 e. The lowest BCUT2D eigenvalue weighted by atomic mass is 9.98. The topological polar surface area (TPSA) is 84.5 Å². The van der Waals surface area contributed by atoms with Gasteiger partial charge in [-0.25, -0.2) is 4.98 Å². The van der Waals surface area contributed by atoms with E-state index in [2.05, 4.69) is 9.97 Å². The summed E-state index contributed by atoms with van der Waals surface area (Å²) in [5.41, 5.74) is 1.76. The number of hydrogen-bond donors (Lipinski definition) is 1. The summed E-state index contributed by atoms with van der Waals surface area (Å²) in [6.45, 7) is 2.63. The van der Waals surface area contributed by atoms with E-state index in [0.29, 0.717) is 36.8 Å².